The molecular formula is C18H17Cl3N2O5S. The number of carbonyl (C=O) groups is 2. The molecule has 11 heteroatoms. The van der Waals surface area contributed by atoms with Gasteiger partial charge in [0.15, 0.2) is 6.10 Å². The monoisotopic (exact) mass is 478 g/mol. The van der Waals surface area contributed by atoms with Crippen LogP contribution < -0.4 is 5.32 Å². The molecule has 2 rings (SSSR count). The van der Waals surface area contributed by atoms with Crippen molar-refractivity contribution in [2.75, 3.05) is 19.4 Å². The Hall–Kier alpha value is -1.84. The summed E-state index contributed by atoms with van der Waals surface area (Å²) in [4.78, 5) is 24.6. The summed E-state index contributed by atoms with van der Waals surface area (Å²) in [7, 11) is -1.07. The predicted octanol–water partition coefficient (Wildman–Crippen LogP) is 4.08. The molecule has 0 heterocycles. The number of benzene rings is 2. The standard InChI is InChI=1S/C18H17Cl3N2O5S/c1-10(17(24)22-13-7-11(19)6-12(20)8-13)28-18(25)15-9-14(4-5-16(15)21)29(26,27)23(2)3/h4-10H,1-3H3,(H,22,24)/t10-/m1/s1. The molecule has 156 valence electrons. The zero-order valence-electron chi connectivity index (χ0n) is 15.6. The number of carbonyl (C=O) groups excluding carboxylic acids is 2. The normalized spacial score (nSPS) is 12.5. The Balaban J connectivity index is 2.17. The number of anilines is 1. The van der Waals surface area contributed by atoms with Crippen LogP contribution in [0.3, 0.4) is 0 Å². The first-order chi connectivity index (χ1) is 13.4. The molecule has 0 fully saturated rings. The quantitative estimate of drug-likeness (QED) is 0.630. The molecular weight excluding hydrogens is 463 g/mol. The largest absolute Gasteiger partial charge is 0.449 e. The van der Waals surface area contributed by atoms with E-state index in [9.17, 15) is 18.0 Å². The third-order valence-electron chi connectivity index (χ3n) is 3.72. The number of nitrogens with zero attached hydrogens (tertiary/aromatic N) is 1. The van der Waals surface area contributed by atoms with Gasteiger partial charge in [0.1, 0.15) is 0 Å². The SMILES string of the molecule is C[C@@H](OC(=O)c1cc(S(=O)(=O)N(C)C)ccc1Cl)C(=O)Nc1cc(Cl)cc(Cl)c1. The number of sulfonamides is 1. The van der Waals surface area contributed by atoms with Crippen molar-refractivity contribution in [1.29, 1.82) is 0 Å². The van der Waals surface area contributed by atoms with E-state index in [1.807, 2.05) is 0 Å². The first-order valence-corrected chi connectivity index (χ1v) is 10.7. The van der Waals surface area contributed by atoms with E-state index in [1.54, 1.807) is 0 Å². The minimum absolute atomic E-state index is 0.0121. The van der Waals surface area contributed by atoms with Gasteiger partial charge < -0.3 is 10.1 Å². The zero-order valence-corrected chi connectivity index (χ0v) is 18.7. The molecule has 0 spiro atoms. The van der Waals surface area contributed by atoms with Gasteiger partial charge in [0.05, 0.1) is 15.5 Å². The summed E-state index contributed by atoms with van der Waals surface area (Å²) in [6.07, 6.45) is -1.20. The summed E-state index contributed by atoms with van der Waals surface area (Å²) in [5.41, 5.74) is 0.146. The van der Waals surface area contributed by atoms with E-state index in [-0.39, 0.29) is 15.5 Å². The Morgan fingerprint density at radius 1 is 1.03 bits per heavy atom. The second-order valence-corrected chi connectivity index (χ2v) is 9.56. The molecule has 1 amide bonds. The van der Waals surface area contributed by atoms with Crippen molar-refractivity contribution < 1.29 is 22.7 Å². The molecule has 0 aromatic heterocycles. The van der Waals surface area contributed by atoms with Crippen LogP contribution >= 0.6 is 34.8 Å². The number of hydrogen-bond donors (Lipinski definition) is 1. The van der Waals surface area contributed by atoms with Crippen LogP contribution in [0.2, 0.25) is 15.1 Å². The van der Waals surface area contributed by atoms with Crippen LogP contribution in [0.15, 0.2) is 41.3 Å². The van der Waals surface area contributed by atoms with Gasteiger partial charge in [0.2, 0.25) is 10.0 Å². The predicted molar refractivity (Wildman–Crippen MR) is 112 cm³/mol. The summed E-state index contributed by atoms with van der Waals surface area (Å²) in [6, 6.07) is 8.10. The van der Waals surface area contributed by atoms with Crippen LogP contribution in [-0.2, 0) is 19.6 Å². The molecule has 0 bridgehead atoms. The van der Waals surface area contributed by atoms with E-state index < -0.39 is 28.0 Å². The lowest BCUT2D eigenvalue weighted by atomic mass is 10.2. The van der Waals surface area contributed by atoms with Gasteiger partial charge in [-0.1, -0.05) is 34.8 Å². The Morgan fingerprint density at radius 3 is 2.17 bits per heavy atom. The second-order valence-electron chi connectivity index (χ2n) is 6.12. The van der Waals surface area contributed by atoms with E-state index in [1.165, 1.54) is 51.4 Å². The van der Waals surface area contributed by atoms with Gasteiger partial charge >= 0.3 is 5.97 Å². The molecule has 7 nitrogen and oxygen atoms in total. The lowest BCUT2D eigenvalue weighted by Gasteiger charge is -2.16. The Kier molecular flexibility index (Phi) is 7.53. The number of hydrogen-bond acceptors (Lipinski definition) is 5. The fourth-order valence-corrected chi connectivity index (χ4v) is 3.83. The Morgan fingerprint density at radius 2 is 1.62 bits per heavy atom. The maximum atomic E-state index is 12.5. The van der Waals surface area contributed by atoms with Crippen LogP contribution in [0, 0.1) is 0 Å². The van der Waals surface area contributed by atoms with Crippen molar-refractivity contribution in [1.82, 2.24) is 4.31 Å². The van der Waals surface area contributed by atoms with E-state index in [0.29, 0.717) is 15.7 Å². The van der Waals surface area contributed by atoms with Crippen LogP contribution in [-0.4, -0.2) is 44.8 Å². The van der Waals surface area contributed by atoms with Crippen molar-refractivity contribution >= 4 is 62.4 Å². The van der Waals surface area contributed by atoms with Gasteiger partial charge in [-0.05, 0) is 43.3 Å². The minimum Gasteiger partial charge on any atom is -0.449 e. The first-order valence-electron chi connectivity index (χ1n) is 8.12. The van der Waals surface area contributed by atoms with Crippen molar-refractivity contribution in [3.8, 4) is 0 Å². The first kappa shape index (κ1) is 23.4. The van der Waals surface area contributed by atoms with E-state index >= 15 is 0 Å². The highest BCUT2D eigenvalue weighted by molar-refractivity contribution is 7.89. The fourth-order valence-electron chi connectivity index (χ4n) is 2.18. The van der Waals surface area contributed by atoms with Crippen molar-refractivity contribution in [2.45, 2.75) is 17.9 Å². The molecule has 0 saturated heterocycles. The van der Waals surface area contributed by atoms with Gasteiger partial charge in [0, 0.05) is 29.8 Å². The average molecular weight is 480 g/mol. The highest BCUT2D eigenvalue weighted by Gasteiger charge is 2.24. The van der Waals surface area contributed by atoms with Crippen LogP contribution in [0.25, 0.3) is 0 Å². The molecule has 2 aromatic rings. The van der Waals surface area contributed by atoms with Gasteiger partial charge in [-0.3, -0.25) is 4.79 Å². The molecule has 0 aliphatic rings. The van der Waals surface area contributed by atoms with Gasteiger partial charge in [-0.2, -0.15) is 0 Å². The highest BCUT2D eigenvalue weighted by Crippen LogP contribution is 2.24. The smallest absolute Gasteiger partial charge is 0.340 e. The number of nitrogens with one attached hydrogen (secondary N) is 1. The van der Waals surface area contributed by atoms with Crippen molar-refractivity contribution in [3.05, 3.63) is 57.0 Å². The van der Waals surface area contributed by atoms with Gasteiger partial charge in [-0.15, -0.1) is 0 Å². The molecule has 0 saturated carbocycles. The molecule has 1 atom stereocenters. The summed E-state index contributed by atoms with van der Waals surface area (Å²) in [5, 5.41) is 3.16. The molecule has 2 aromatic carbocycles. The average Bonchev–Trinajstić information content (AvgIpc) is 2.60. The number of amides is 1. The van der Waals surface area contributed by atoms with E-state index in [2.05, 4.69) is 5.32 Å². The molecule has 0 radical (unpaired) electrons. The summed E-state index contributed by atoms with van der Waals surface area (Å²) < 4.78 is 30.6. The maximum Gasteiger partial charge on any atom is 0.340 e. The van der Waals surface area contributed by atoms with E-state index in [0.717, 1.165) is 10.4 Å². The van der Waals surface area contributed by atoms with Crippen molar-refractivity contribution in [3.63, 3.8) is 0 Å². The maximum absolute atomic E-state index is 12.5. The minimum atomic E-state index is -3.78. The van der Waals surface area contributed by atoms with Crippen LogP contribution in [0.1, 0.15) is 17.3 Å². The molecule has 1 N–H and O–H groups in total. The second kappa shape index (κ2) is 9.32. The van der Waals surface area contributed by atoms with Gasteiger partial charge in [0.25, 0.3) is 5.91 Å². The molecule has 0 aliphatic carbocycles. The Labute approximate surface area is 183 Å². The van der Waals surface area contributed by atoms with Crippen LogP contribution in [0.4, 0.5) is 5.69 Å². The number of halogens is 3. The summed E-state index contributed by atoms with van der Waals surface area (Å²) in [5.74, 6) is -1.58. The Bertz CT molecular complexity index is 1040. The highest BCUT2D eigenvalue weighted by atomic mass is 35.5. The lowest BCUT2D eigenvalue weighted by molar-refractivity contribution is -0.123. The summed E-state index contributed by atoms with van der Waals surface area (Å²) >= 11 is 17.8. The number of rotatable bonds is 6. The zero-order chi connectivity index (χ0) is 21.9. The van der Waals surface area contributed by atoms with Crippen LogP contribution in [0.5, 0.6) is 0 Å². The number of esters is 1. The molecule has 0 aliphatic heterocycles. The topological polar surface area (TPSA) is 92.8 Å². The van der Waals surface area contributed by atoms with E-state index in [4.69, 9.17) is 39.5 Å². The third-order valence-corrected chi connectivity index (χ3v) is 6.30. The molecule has 0 unspecified atom stereocenters. The van der Waals surface area contributed by atoms with Gasteiger partial charge in [-0.25, -0.2) is 17.5 Å². The number of ether oxygens (including phenoxy) is 1. The summed E-state index contributed by atoms with van der Waals surface area (Å²) in [6.45, 7) is 1.35. The fraction of sp³-hybridized carbons (Fsp3) is 0.222. The molecule has 29 heavy (non-hydrogen) atoms. The third kappa shape index (κ3) is 5.83. The lowest BCUT2D eigenvalue weighted by Crippen LogP contribution is -2.30. The van der Waals surface area contributed by atoms with Crippen molar-refractivity contribution in [2.24, 2.45) is 0 Å².